The van der Waals surface area contributed by atoms with Gasteiger partial charge in [-0.1, -0.05) is 0 Å². The van der Waals surface area contributed by atoms with Crippen molar-refractivity contribution in [2.24, 2.45) is 5.92 Å². The first-order valence-electron chi connectivity index (χ1n) is 6.53. The molecule has 0 aromatic carbocycles. The molecule has 1 spiro atoms. The molecule has 0 aromatic heterocycles. The fourth-order valence-electron chi connectivity index (χ4n) is 2.96. The second kappa shape index (κ2) is 5.38. The van der Waals surface area contributed by atoms with Gasteiger partial charge >= 0.3 is 0 Å². The van der Waals surface area contributed by atoms with Crippen LogP contribution in [0.3, 0.4) is 0 Å². The predicted octanol–water partition coefficient (Wildman–Crippen LogP) is -0.315. The van der Waals surface area contributed by atoms with E-state index in [0.29, 0.717) is 19.6 Å². The number of carbonyl (C=O) groups is 1. The van der Waals surface area contributed by atoms with Gasteiger partial charge in [-0.2, -0.15) is 0 Å². The van der Waals surface area contributed by atoms with Crippen LogP contribution in [0.4, 0.5) is 0 Å². The lowest BCUT2D eigenvalue weighted by Gasteiger charge is -2.49. The van der Waals surface area contributed by atoms with Crippen molar-refractivity contribution in [3.05, 3.63) is 0 Å². The van der Waals surface area contributed by atoms with Crippen LogP contribution in [0.25, 0.3) is 0 Å². The van der Waals surface area contributed by atoms with Crippen molar-refractivity contribution in [3.63, 3.8) is 0 Å². The Balaban J connectivity index is 2.06. The highest BCUT2D eigenvalue weighted by molar-refractivity contribution is 7.93. The first kappa shape index (κ1) is 14.7. The van der Waals surface area contributed by atoms with Crippen LogP contribution in [0.1, 0.15) is 13.3 Å². The summed E-state index contributed by atoms with van der Waals surface area (Å²) in [5, 5.41) is 0. The zero-order chi connectivity index (χ0) is 14.1. The molecule has 0 bridgehead atoms. The van der Waals surface area contributed by atoms with Crippen molar-refractivity contribution in [3.8, 4) is 0 Å². The van der Waals surface area contributed by atoms with Crippen LogP contribution in [0.5, 0.6) is 0 Å². The summed E-state index contributed by atoms with van der Waals surface area (Å²) >= 11 is 0. The van der Waals surface area contributed by atoms with E-state index in [2.05, 4.69) is 0 Å². The van der Waals surface area contributed by atoms with E-state index in [4.69, 9.17) is 9.47 Å². The Hall–Kier alpha value is -0.660. The summed E-state index contributed by atoms with van der Waals surface area (Å²) in [7, 11) is -1.67. The maximum absolute atomic E-state index is 12.2. The molecule has 2 fully saturated rings. The number of amides is 1. The molecule has 6 nitrogen and oxygen atoms in total. The molecule has 2 heterocycles. The SMILES string of the molecule is CCOCC1CCS(=O)(=O)C12CN(C(=O)COC)C2. The van der Waals surface area contributed by atoms with E-state index in [1.807, 2.05) is 6.92 Å². The number of ether oxygens (including phenoxy) is 2. The maximum Gasteiger partial charge on any atom is 0.248 e. The molecule has 1 atom stereocenters. The smallest absolute Gasteiger partial charge is 0.248 e. The summed E-state index contributed by atoms with van der Waals surface area (Å²) in [6.07, 6.45) is 0.634. The van der Waals surface area contributed by atoms with Gasteiger partial charge in [-0.05, 0) is 13.3 Å². The molecule has 2 saturated heterocycles. The third-order valence-electron chi connectivity index (χ3n) is 4.16. The maximum atomic E-state index is 12.2. The molecule has 0 N–H and O–H groups in total. The molecule has 0 radical (unpaired) electrons. The van der Waals surface area contributed by atoms with Gasteiger partial charge in [-0.3, -0.25) is 4.79 Å². The molecule has 110 valence electrons. The summed E-state index contributed by atoms with van der Waals surface area (Å²) in [6, 6.07) is 0. The van der Waals surface area contributed by atoms with Crippen LogP contribution >= 0.6 is 0 Å². The van der Waals surface area contributed by atoms with Gasteiger partial charge in [0, 0.05) is 32.7 Å². The fourth-order valence-corrected chi connectivity index (χ4v) is 5.36. The first-order chi connectivity index (χ1) is 8.97. The highest BCUT2D eigenvalue weighted by Crippen LogP contribution is 2.44. The molecule has 0 aromatic rings. The van der Waals surface area contributed by atoms with Crippen LogP contribution in [0, 0.1) is 5.92 Å². The molecule has 1 amide bonds. The molecule has 0 aliphatic carbocycles. The van der Waals surface area contributed by atoms with Gasteiger partial charge < -0.3 is 14.4 Å². The van der Waals surface area contributed by atoms with Gasteiger partial charge in [0.1, 0.15) is 11.4 Å². The Labute approximate surface area is 114 Å². The van der Waals surface area contributed by atoms with Crippen LogP contribution in [-0.4, -0.2) is 69.7 Å². The summed E-state index contributed by atoms with van der Waals surface area (Å²) in [5.74, 6) is 0.0614. The summed E-state index contributed by atoms with van der Waals surface area (Å²) < 4.78 is 33.9. The number of carbonyl (C=O) groups excluding carboxylic acids is 1. The molecular formula is C12H21NO5S. The third-order valence-corrected chi connectivity index (χ3v) is 6.76. The highest BCUT2D eigenvalue weighted by Gasteiger charge is 2.62. The van der Waals surface area contributed by atoms with E-state index < -0.39 is 14.6 Å². The molecule has 0 saturated carbocycles. The minimum Gasteiger partial charge on any atom is -0.381 e. The van der Waals surface area contributed by atoms with Gasteiger partial charge in [0.05, 0.1) is 12.4 Å². The number of sulfone groups is 1. The van der Waals surface area contributed by atoms with E-state index >= 15 is 0 Å². The van der Waals surface area contributed by atoms with Crippen molar-refractivity contribution < 1.29 is 22.7 Å². The van der Waals surface area contributed by atoms with Crippen molar-refractivity contribution in [2.75, 3.05) is 45.8 Å². The van der Waals surface area contributed by atoms with Gasteiger partial charge in [-0.15, -0.1) is 0 Å². The molecule has 19 heavy (non-hydrogen) atoms. The average molecular weight is 291 g/mol. The molecular weight excluding hydrogens is 270 g/mol. The second-order valence-electron chi connectivity index (χ2n) is 5.21. The Kier molecular flexibility index (Phi) is 4.17. The number of nitrogens with zero attached hydrogens (tertiary/aromatic N) is 1. The van der Waals surface area contributed by atoms with Crippen LogP contribution in [-0.2, 0) is 24.1 Å². The third kappa shape index (κ3) is 2.39. The number of hydrogen-bond donors (Lipinski definition) is 0. The lowest BCUT2D eigenvalue weighted by atomic mass is 9.83. The van der Waals surface area contributed by atoms with Gasteiger partial charge in [0.15, 0.2) is 9.84 Å². The van der Waals surface area contributed by atoms with E-state index in [0.717, 1.165) is 0 Å². The van der Waals surface area contributed by atoms with Crippen molar-refractivity contribution in [1.82, 2.24) is 4.90 Å². The van der Waals surface area contributed by atoms with Gasteiger partial charge in [0.25, 0.3) is 0 Å². The Morgan fingerprint density at radius 1 is 1.42 bits per heavy atom. The second-order valence-corrected chi connectivity index (χ2v) is 7.66. The molecule has 2 rings (SSSR count). The molecule has 2 aliphatic rings. The minimum absolute atomic E-state index is 0.00375. The topological polar surface area (TPSA) is 72.9 Å². The van der Waals surface area contributed by atoms with Crippen molar-refractivity contribution >= 4 is 15.7 Å². The Bertz CT molecular complexity index is 441. The normalized spacial score (nSPS) is 27.5. The number of rotatable bonds is 5. The van der Waals surface area contributed by atoms with Gasteiger partial charge in [0.2, 0.25) is 5.91 Å². The van der Waals surface area contributed by atoms with Crippen LogP contribution in [0.2, 0.25) is 0 Å². The standard InChI is InChI=1S/C12H21NO5S/c1-3-18-6-10-4-5-19(15,16)12(10)8-13(9-12)11(14)7-17-2/h10H,3-9H2,1-2H3. The predicted molar refractivity (Wildman–Crippen MR) is 69.6 cm³/mol. The quantitative estimate of drug-likeness (QED) is 0.694. The lowest BCUT2D eigenvalue weighted by Crippen LogP contribution is -2.69. The average Bonchev–Trinajstić information content (AvgIpc) is 2.56. The van der Waals surface area contributed by atoms with E-state index in [1.54, 1.807) is 4.90 Å². The Morgan fingerprint density at radius 3 is 2.68 bits per heavy atom. The summed E-state index contributed by atoms with van der Waals surface area (Å²) in [4.78, 5) is 13.2. The molecule has 2 aliphatic heterocycles. The zero-order valence-corrected chi connectivity index (χ0v) is 12.2. The molecule has 1 unspecified atom stereocenters. The van der Waals surface area contributed by atoms with Crippen molar-refractivity contribution in [2.45, 2.75) is 18.1 Å². The largest absolute Gasteiger partial charge is 0.381 e. The highest BCUT2D eigenvalue weighted by atomic mass is 32.2. The van der Waals surface area contributed by atoms with Crippen LogP contribution in [0.15, 0.2) is 0 Å². The number of methoxy groups -OCH3 is 1. The van der Waals surface area contributed by atoms with E-state index in [1.165, 1.54) is 7.11 Å². The molecule has 7 heteroatoms. The number of likely N-dealkylation sites (tertiary alicyclic amines) is 1. The first-order valence-corrected chi connectivity index (χ1v) is 8.19. The van der Waals surface area contributed by atoms with E-state index in [-0.39, 0.29) is 37.3 Å². The van der Waals surface area contributed by atoms with Crippen molar-refractivity contribution in [1.29, 1.82) is 0 Å². The Morgan fingerprint density at radius 2 is 2.11 bits per heavy atom. The lowest BCUT2D eigenvalue weighted by molar-refractivity contribution is -0.141. The van der Waals surface area contributed by atoms with Crippen LogP contribution < -0.4 is 0 Å². The zero-order valence-electron chi connectivity index (χ0n) is 11.4. The fraction of sp³-hybridized carbons (Fsp3) is 0.917. The summed E-state index contributed by atoms with van der Waals surface area (Å²) in [5.41, 5.74) is 0. The summed E-state index contributed by atoms with van der Waals surface area (Å²) in [6.45, 7) is 3.52. The monoisotopic (exact) mass is 291 g/mol. The van der Waals surface area contributed by atoms with E-state index in [9.17, 15) is 13.2 Å². The minimum atomic E-state index is -3.13. The van der Waals surface area contributed by atoms with Gasteiger partial charge in [-0.25, -0.2) is 8.42 Å². The number of hydrogen-bond acceptors (Lipinski definition) is 5.